The first kappa shape index (κ1) is 25.9. The van der Waals surface area contributed by atoms with Gasteiger partial charge in [-0.25, -0.2) is 0 Å². The Balaban J connectivity index is 0.00000625. The van der Waals surface area contributed by atoms with Crippen molar-refractivity contribution >= 4 is 29.9 Å². The summed E-state index contributed by atoms with van der Waals surface area (Å²) in [5.41, 5.74) is 0.175. The maximum absolute atomic E-state index is 6.06. The number of likely N-dealkylation sites (N-methyl/N-ethyl adjacent to an activating group) is 1. The van der Waals surface area contributed by atoms with Crippen molar-refractivity contribution in [1.82, 2.24) is 15.5 Å². The highest BCUT2D eigenvalue weighted by Gasteiger charge is 2.35. The highest BCUT2D eigenvalue weighted by molar-refractivity contribution is 14.0. The van der Waals surface area contributed by atoms with Gasteiger partial charge in [0.1, 0.15) is 0 Å². The van der Waals surface area contributed by atoms with Crippen LogP contribution in [0.3, 0.4) is 0 Å². The van der Waals surface area contributed by atoms with E-state index in [2.05, 4.69) is 48.3 Å². The van der Waals surface area contributed by atoms with Crippen LogP contribution in [-0.2, 0) is 9.47 Å². The van der Waals surface area contributed by atoms with Gasteiger partial charge in [0.05, 0.1) is 6.10 Å². The van der Waals surface area contributed by atoms with E-state index in [0.717, 1.165) is 58.2 Å². The van der Waals surface area contributed by atoms with Gasteiger partial charge in [0.15, 0.2) is 5.96 Å². The lowest BCUT2D eigenvalue weighted by Crippen LogP contribution is -2.48. The van der Waals surface area contributed by atoms with Crippen LogP contribution in [-0.4, -0.2) is 77.6 Å². The second-order valence-electron chi connectivity index (χ2n) is 8.09. The summed E-state index contributed by atoms with van der Waals surface area (Å²) in [6, 6.07) is 0. The van der Waals surface area contributed by atoms with Gasteiger partial charge < -0.3 is 25.0 Å². The molecule has 2 N–H and O–H groups in total. The normalized spacial score (nSPS) is 21.4. The smallest absolute Gasteiger partial charge is 0.191 e. The second-order valence-corrected chi connectivity index (χ2v) is 8.09. The van der Waals surface area contributed by atoms with Gasteiger partial charge in [0.2, 0.25) is 0 Å². The number of nitrogens with zero attached hydrogens (tertiary/aromatic N) is 2. The van der Waals surface area contributed by atoms with E-state index in [4.69, 9.17) is 9.47 Å². The van der Waals surface area contributed by atoms with E-state index in [1.807, 2.05) is 7.05 Å². The number of ether oxygens (including phenoxy) is 2. The molecule has 1 saturated heterocycles. The minimum absolute atomic E-state index is 0. The maximum Gasteiger partial charge on any atom is 0.191 e. The van der Waals surface area contributed by atoms with Gasteiger partial charge in [-0.3, -0.25) is 4.99 Å². The first-order valence-electron chi connectivity index (χ1n) is 9.62. The molecule has 0 spiro atoms. The van der Waals surface area contributed by atoms with E-state index < -0.39 is 0 Å². The molecule has 0 amide bonds. The number of guanidine groups is 1. The molecule has 0 aliphatic carbocycles. The molecule has 0 saturated carbocycles. The van der Waals surface area contributed by atoms with Crippen molar-refractivity contribution < 1.29 is 9.47 Å². The van der Waals surface area contributed by atoms with Crippen molar-refractivity contribution in [2.45, 2.75) is 46.1 Å². The zero-order chi connectivity index (χ0) is 18.7. The summed E-state index contributed by atoms with van der Waals surface area (Å²) in [5, 5.41) is 6.90. The van der Waals surface area contributed by atoms with Crippen LogP contribution < -0.4 is 10.6 Å². The van der Waals surface area contributed by atoms with Gasteiger partial charge >= 0.3 is 0 Å². The number of hydrogen-bond donors (Lipinski definition) is 2. The quantitative estimate of drug-likeness (QED) is 0.228. The average Bonchev–Trinajstić information content (AvgIpc) is 2.57. The lowest BCUT2D eigenvalue weighted by atomic mass is 9.78. The molecule has 1 aliphatic rings. The first-order chi connectivity index (χ1) is 11.9. The van der Waals surface area contributed by atoms with E-state index >= 15 is 0 Å². The molecule has 2 atom stereocenters. The van der Waals surface area contributed by atoms with Gasteiger partial charge in [0, 0.05) is 59.5 Å². The third kappa shape index (κ3) is 10.3. The number of nitrogens with one attached hydrogen (secondary N) is 2. The molecule has 156 valence electrons. The number of methoxy groups -OCH3 is 1. The van der Waals surface area contributed by atoms with Gasteiger partial charge in [-0.1, -0.05) is 20.8 Å². The molecule has 1 rings (SSSR count). The largest absolute Gasteiger partial charge is 0.385 e. The third-order valence-electron chi connectivity index (χ3n) is 4.73. The molecule has 0 aromatic rings. The van der Waals surface area contributed by atoms with Gasteiger partial charge in [-0.15, -0.1) is 24.0 Å². The average molecular weight is 484 g/mol. The molecule has 26 heavy (non-hydrogen) atoms. The number of hydrogen-bond acceptors (Lipinski definition) is 4. The monoisotopic (exact) mass is 484 g/mol. The van der Waals surface area contributed by atoms with Crippen molar-refractivity contribution in [2.24, 2.45) is 16.3 Å². The minimum atomic E-state index is 0. The number of rotatable bonds is 9. The van der Waals surface area contributed by atoms with Crippen LogP contribution in [0.2, 0.25) is 0 Å². The molecule has 1 aliphatic heterocycles. The van der Waals surface area contributed by atoms with E-state index in [9.17, 15) is 0 Å². The number of aliphatic imine (C=N–C) groups is 1. The van der Waals surface area contributed by atoms with Crippen LogP contribution in [0.4, 0.5) is 0 Å². The predicted octanol–water partition coefficient (Wildman–Crippen LogP) is 2.58. The molecule has 7 heteroatoms. The minimum Gasteiger partial charge on any atom is -0.385 e. The summed E-state index contributed by atoms with van der Waals surface area (Å²) >= 11 is 0. The molecule has 0 aromatic carbocycles. The summed E-state index contributed by atoms with van der Waals surface area (Å²) in [6.07, 6.45) is 3.74. The molecule has 0 radical (unpaired) electrons. The fraction of sp³-hybridized carbons (Fsp3) is 0.947. The Kier molecular flexibility index (Phi) is 13.9. The Hall–Kier alpha value is -0.120. The maximum atomic E-state index is 6.06. The predicted molar refractivity (Wildman–Crippen MR) is 121 cm³/mol. The Morgan fingerprint density at radius 2 is 2.00 bits per heavy atom. The Morgan fingerprint density at radius 3 is 2.62 bits per heavy atom. The fourth-order valence-corrected chi connectivity index (χ4v) is 3.41. The third-order valence-corrected chi connectivity index (χ3v) is 4.73. The van der Waals surface area contributed by atoms with Crippen LogP contribution in [0.15, 0.2) is 4.99 Å². The summed E-state index contributed by atoms with van der Waals surface area (Å²) in [5.74, 6) is 1.41. The van der Waals surface area contributed by atoms with Crippen molar-refractivity contribution in [3.05, 3.63) is 0 Å². The van der Waals surface area contributed by atoms with Gasteiger partial charge in [-0.05, 0) is 31.7 Å². The fourth-order valence-electron chi connectivity index (χ4n) is 3.41. The Morgan fingerprint density at radius 1 is 1.27 bits per heavy atom. The Bertz CT molecular complexity index is 388. The molecule has 0 aromatic heterocycles. The summed E-state index contributed by atoms with van der Waals surface area (Å²) < 4.78 is 11.2. The molecule has 1 heterocycles. The summed E-state index contributed by atoms with van der Waals surface area (Å²) in [4.78, 5) is 6.66. The highest BCUT2D eigenvalue weighted by Crippen LogP contribution is 2.33. The summed E-state index contributed by atoms with van der Waals surface area (Å²) in [7, 11) is 5.72. The van der Waals surface area contributed by atoms with Crippen LogP contribution in [0.1, 0.15) is 40.0 Å². The second kappa shape index (κ2) is 14.0. The topological polar surface area (TPSA) is 58.1 Å². The van der Waals surface area contributed by atoms with E-state index in [-0.39, 0.29) is 29.4 Å². The van der Waals surface area contributed by atoms with Crippen molar-refractivity contribution in [1.29, 1.82) is 0 Å². The molecule has 1 fully saturated rings. The van der Waals surface area contributed by atoms with E-state index in [1.165, 1.54) is 6.42 Å². The molecule has 2 unspecified atom stereocenters. The van der Waals surface area contributed by atoms with Crippen molar-refractivity contribution in [3.63, 3.8) is 0 Å². The van der Waals surface area contributed by atoms with E-state index in [1.54, 1.807) is 7.11 Å². The van der Waals surface area contributed by atoms with Crippen LogP contribution in [0, 0.1) is 11.3 Å². The van der Waals surface area contributed by atoms with Crippen molar-refractivity contribution in [2.75, 3.05) is 60.6 Å². The first-order valence-corrected chi connectivity index (χ1v) is 9.62. The van der Waals surface area contributed by atoms with Gasteiger partial charge in [0.25, 0.3) is 0 Å². The zero-order valence-electron chi connectivity index (χ0n) is 17.6. The van der Waals surface area contributed by atoms with Crippen LogP contribution in [0.25, 0.3) is 0 Å². The number of halogens is 1. The van der Waals surface area contributed by atoms with Gasteiger partial charge in [-0.2, -0.15) is 0 Å². The lowest BCUT2D eigenvalue weighted by molar-refractivity contribution is -0.0835. The molecule has 6 nitrogen and oxygen atoms in total. The molecular formula is C19H41IN4O2. The van der Waals surface area contributed by atoms with Crippen molar-refractivity contribution in [3.8, 4) is 0 Å². The standard InChI is InChI=1S/C19H40N4O2.HI/c1-19(2,3)17-16(9-7-14-25-17)15-22-18(20-4)21-10-12-23(5)11-8-13-24-6;/h16-17H,7-15H2,1-6H3,(H2,20,21,22);1H. The SMILES string of the molecule is CN=C(NCCN(C)CCCOC)NCC1CCCOC1C(C)(C)C.I. The van der Waals surface area contributed by atoms with Crippen LogP contribution >= 0.6 is 24.0 Å². The lowest BCUT2D eigenvalue weighted by Gasteiger charge is -2.40. The Labute approximate surface area is 177 Å². The highest BCUT2D eigenvalue weighted by atomic mass is 127. The molecule has 0 bridgehead atoms. The zero-order valence-corrected chi connectivity index (χ0v) is 20.0. The summed E-state index contributed by atoms with van der Waals surface area (Å²) in [6.45, 7) is 12.3. The van der Waals surface area contributed by atoms with E-state index in [0.29, 0.717) is 12.0 Å². The molecular weight excluding hydrogens is 443 g/mol. The van der Waals surface area contributed by atoms with Crippen LogP contribution in [0.5, 0.6) is 0 Å².